The normalized spacial score (nSPS) is 14.0. The standard InChI is InChI=1S/C69H129N2O7P/c1-7-10-13-16-19-22-25-28-30-32-33-34-35-36-37-39-41-44-47-50-53-56-59-62-69(73)78-67(60-57-54-51-48-45-42-27-24-21-18-15-12-9-3)66(65-77-79(74,75)76-64-63-71(4,5)6)70-68(72)61-58-55-52-49-46-43-40-38-31-29-26-23-20-17-14-11-8-2/h19,22,28,30,33-34,36-37,57,60,66-67H,7-18,20-21,23-27,29,31-32,35,38-56,58-59,61-65H2,1-6H3,(H-,70,72,74,75)/p+1/b22-19-,30-28-,34-33-,37-36-,60-57+. The van der Waals surface area contributed by atoms with Gasteiger partial charge in [0.25, 0.3) is 0 Å². The molecule has 462 valence electrons. The Labute approximate surface area is 490 Å². The maximum Gasteiger partial charge on any atom is 0.472 e. The molecule has 9 nitrogen and oxygen atoms in total. The zero-order valence-corrected chi connectivity index (χ0v) is 53.8. The molecule has 0 aliphatic rings. The smallest absolute Gasteiger partial charge is 0.456 e. The van der Waals surface area contributed by atoms with Gasteiger partial charge < -0.3 is 19.4 Å². The van der Waals surface area contributed by atoms with E-state index in [1.807, 2.05) is 33.3 Å². The van der Waals surface area contributed by atoms with E-state index < -0.39 is 20.0 Å². The highest BCUT2D eigenvalue weighted by molar-refractivity contribution is 7.47. The molecule has 0 aromatic carbocycles. The molecule has 10 heteroatoms. The number of carbonyl (C=O) groups is 2. The Balaban J connectivity index is 5.20. The molecule has 0 aliphatic carbocycles. The number of quaternary nitrogens is 1. The second-order valence-electron chi connectivity index (χ2n) is 24.0. The fraction of sp³-hybridized carbons (Fsp3) is 0.826. The second kappa shape index (κ2) is 58.9. The number of unbranched alkanes of at least 4 members (excludes halogenated alkanes) is 37. The number of hydrogen-bond donors (Lipinski definition) is 2. The third-order valence-electron chi connectivity index (χ3n) is 15.0. The number of phosphoric ester groups is 1. The Kier molecular flexibility index (Phi) is 57.2. The van der Waals surface area contributed by atoms with Gasteiger partial charge in [-0.15, -0.1) is 0 Å². The molecule has 0 radical (unpaired) electrons. The second-order valence-corrected chi connectivity index (χ2v) is 25.5. The van der Waals surface area contributed by atoms with E-state index >= 15 is 0 Å². The predicted molar refractivity (Wildman–Crippen MR) is 342 cm³/mol. The van der Waals surface area contributed by atoms with Gasteiger partial charge >= 0.3 is 13.8 Å². The van der Waals surface area contributed by atoms with Crippen molar-refractivity contribution in [1.82, 2.24) is 5.32 Å². The van der Waals surface area contributed by atoms with Crippen molar-refractivity contribution in [2.75, 3.05) is 40.9 Å². The van der Waals surface area contributed by atoms with Gasteiger partial charge in [-0.05, 0) is 76.7 Å². The van der Waals surface area contributed by atoms with E-state index in [1.54, 1.807) is 0 Å². The van der Waals surface area contributed by atoms with E-state index in [1.165, 1.54) is 193 Å². The van der Waals surface area contributed by atoms with E-state index in [0.717, 1.165) is 89.9 Å². The number of amides is 1. The number of rotatable bonds is 61. The molecular formula is C69H130N2O7P+. The van der Waals surface area contributed by atoms with Crippen LogP contribution in [0, 0.1) is 0 Å². The number of ether oxygens (including phenoxy) is 1. The number of carbonyl (C=O) groups excluding carboxylic acids is 2. The average Bonchev–Trinajstić information content (AvgIpc) is 3.41. The fourth-order valence-electron chi connectivity index (χ4n) is 9.75. The third kappa shape index (κ3) is 60.1. The molecule has 0 aliphatic heterocycles. The first-order chi connectivity index (χ1) is 38.4. The molecule has 0 heterocycles. The van der Waals surface area contributed by atoms with Crippen LogP contribution in [-0.4, -0.2) is 74.3 Å². The van der Waals surface area contributed by atoms with E-state index in [2.05, 4.69) is 74.7 Å². The topological polar surface area (TPSA) is 111 Å². The van der Waals surface area contributed by atoms with Crippen molar-refractivity contribution in [1.29, 1.82) is 0 Å². The molecule has 0 saturated heterocycles. The molecular weight excluding hydrogens is 1000 g/mol. The first kappa shape index (κ1) is 76.7. The van der Waals surface area contributed by atoms with Crippen molar-refractivity contribution in [2.45, 2.75) is 328 Å². The van der Waals surface area contributed by atoms with Crippen LogP contribution in [-0.2, 0) is 27.9 Å². The number of esters is 1. The molecule has 0 rings (SSSR count). The van der Waals surface area contributed by atoms with Gasteiger partial charge in [-0.25, -0.2) is 4.57 Å². The molecule has 3 unspecified atom stereocenters. The van der Waals surface area contributed by atoms with E-state index in [0.29, 0.717) is 17.4 Å². The molecule has 79 heavy (non-hydrogen) atoms. The molecule has 2 N–H and O–H groups in total. The third-order valence-corrected chi connectivity index (χ3v) is 15.9. The number of nitrogens with one attached hydrogen (secondary N) is 1. The lowest BCUT2D eigenvalue weighted by Gasteiger charge is -2.27. The Morgan fingerprint density at radius 1 is 0.443 bits per heavy atom. The van der Waals surface area contributed by atoms with Crippen LogP contribution in [0.5, 0.6) is 0 Å². The summed E-state index contributed by atoms with van der Waals surface area (Å²) < 4.78 is 30.8. The van der Waals surface area contributed by atoms with Gasteiger partial charge in [0.15, 0.2) is 0 Å². The summed E-state index contributed by atoms with van der Waals surface area (Å²) in [6.07, 6.45) is 75.0. The monoisotopic (exact) mass is 1130 g/mol. The van der Waals surface area contributed by atoms with Gasteiger partial charge in [-0.2, -0.15) is 0 Å². The molecule has 0 aromatic rings. The summed E-state index contributed by atoms with van der Waals surface area (Å²) in [6.45, 7) is 7.02. The number of hydrogen-bond acceptors (Lipinski definition) is 6. The van der Waals surface area contributed by atoms with Gasteiger partial charge in [-0.3, -0.25) is 18.6 Å². The Morgan fingerprint density at radius 2 is 0.772 bits per heavy atom. The summed E-state index contributed by atoms with van der Waals surface area (Å²) in [5, 5.41) is 3.07. The lowest BCUT2D eigenvalue weighted by atomic mass is 10.0. The van der Waals surface area contributed by atoms with Gasteiger partial charge in [0, 0.05) is 12.8 Å². The van der Waals surface area contributed by atoms with E-state index in [9.17, 15) is 19.0 Å². The molecule has 0 spiro atoms. The first-order valence-electron chi connectivity index (χ1n) is 33.6. The highest BCUT2D eigenvalue weighted by Crippen LogP contribution is 2.43. The highest BCUT2D eigenvalue weighted by atomic mass is 31.2. The number of phosphoric acid groups is 1. The number of likely N-dealkylation sites (N-methyl/N-ethyl adjacent to an activating group) is 1. The quantitative estimate of drug-likeness (QED) is 0.0205. The van der Waals surface area contributed by atoms with E-state index in [4.69, 9.17) is 13.8 Å². The summed E-state index contributed by atoms with van der Waals surface area (Å²) in [4.78, 5) is 37.8. The summed E-state index contributed by atoms with van der Waals surface area (Å²) in [7, 11) is 1.50. The van der Waals surface area contributed by atoms with Gasteiger partial charge in [0.1, 0.15) is 19.3 Å². The van der Waals surface area contributed by atoms with E-state index in [-0.39, 0.29) is 31.5 Å². The minimum atomic E-state index is -4.45. The average molecular weight is 1130 g/mol. The Hall–Kier alpha value is -2.29. The SMILES string of the molecule is CCCCC/C=C\C/C=C\C/C=C\C/C=C\CCCCCCCCCC(=O)OC(/C=C/CCCCCCCCCCCCC)C(COP(=O)(O)OCC[N+](C)(C)C)NC(=O)CCCCCCCCCCCCCCCCCCC. The lowest BCUT2D eigenvalue weighted by Crippen LogP contribution is -2.47. The molecule has 0 bridgehead atoms. The van der Waals surface area contributed by atoms with Gasteiger partial charge in [0.2, 0.25) is 5.91 Å². The number of nitrogens with zero attached hydrogens (tertiary/aromatic N) is 1. The van der Waals surface area contributed by atoms with Crippen LogP contribution in [0.2, 0.25) is 0 Å². The molecule has 0 saturated carbocycles. The van der Waals surface area contributed by atoms with Crippen LogP contribution in [0.25, 0.3) is 0 Å². The lowest BCUT2D eigenvalue weighted by molar-refractivity contribution is -0.870. The summed E-state index contributed by atoms with van der Waals surface area (Å²) in [6, 6.07) is -0.852. The molecule has 0 fully saturated rings. The maximum atomic E-state index is 13.6. The minimum Gasteiger partial charge on any atom is -0.456 e. The molecule has 1 amide bonds. The Morgan fingerprint density at radius 3 is 1.18 bits per heavy atom. The van der Waals surface area contributed by atoms with Crippen LogP contribution in [0.1, 0.15) is 316 Å². The van der Waals surface area contributed by atoms with Crippen LogP contribution >= 0.6 is 7.82 Å². The zero-order valence-electron chi connectivity index (χ0n) is 52.9. The highest BCUT2D eigenvalue weighted by Gasteiger charge is 2.30. The summed E-state index contributed by atoms with van der Waals surface area (Å²) in [5.74, 6) is -0.505. The van der Waals surface area contributed by atoms with Gasteiger partial charge in [-0.1, -0.05) is 287 Å². The van der Waals surface area contributed by atoms with Crippen LogP contribution in [0.4, 0.5) is 0 Å². The van der Waals surface area contributed by atoms with Crippen LogP contribution < -0.4 is 5.32 Å². The Bertz CT molecular complexity index is 1540. The molecule has 0 aromatic heterocycles. The van der Waals surface area contributed by atoms with Crippen LogP contribution in [0.3, 0.4) is 0 Å². The summed E-state index contributed by atoms with van der Waals surface area (Å²) >= 11 is 0. The minimum absolute atomic E-state index is 0.0387. The van der Waals surface area contributed by atoms with Crippen molar-refractivity contribution < 1.29 is 37.3 Å². The number of allylic oxidation sites excluding steroid dienone is 9. The predicted octanol–water partition coefficient (Wildman–Crippen LogP) is 21.0. The maximum absolute atomic E-state index is 13.6. The zero-order chi connectivity index (χ0) is 57.9. The van der Waals surface area contributed by atoms with Crippen molar-refractivity contribution in [3.05, 3.63) is 60.8 Å². The van der Waals surface area contributed by atoms with Crippen LogP contribution in [0.15, 0.2) is 60.8 Å². The van der Waals surface area contributed by atoms with Gasteiger partial charge in [0.05, 0.1) is 33.8 Å². The van der Waals surface area contributed by atoms with Crippen molar-refractivity contribution in [3.63, 3.8) is 0 Å². The first-order valence-corrected chi connectivity index (χ1v) is 35.1. The largest absolute Gasteiger partial charge is 0.472 e. The van der Waals surface area contributed by atoms with Crippen molar-refractivity contribution >= 4 is 19.7 Å². The fourth-order valence-corrected chi connectivity index (χ4v) is 10.5. The van der Waals surface area contributed by atoms with Crippen molar-refractivity contribution in [3.8, 4) is 0 Å². The van der Waals surface area contributed by atoms with Crippen molar-refractivity contribution in [2.24, 2.45) is 0 Å². The molecule has 3 atom stereocenters. The summed E-state index contributed by atoms with van der Waals surface area (Å²) in [5.41, 5.74) is 0.